The number of amides is 2. The summed E-state index contributed by atoms with van der Waals surface area (Å²) in [5, 5.41) is 14.3. The van der Waals surface area contributed by atoms with Crippen molar-refractivity contribution in [3.05, 3.63) is 0 Å². The van der Waals surface area contributed by atoms with Crippen molar-refractivity contribution >= 4 is 12.0 Å². The largest absolute Gasteiger partial charge is 0.481 e. The third-order valence-electron chi connectivity index (χ3n) is 3.44. The quantitative estimate of drug-likeness (QED) is 0.653. The van der Waals surface area contributed by atoms with Crippen molar-refractivity contribution in [2.45, 2.75) is 51.6 Å². The van der Waals surface area contributed by atoms with Crippen LogP contribution in [0, 0.1) is 5.92 Å². The van der Waals surface area contributed by atoms with Gasteiger partial charge in [-0.15, -0.1) is 0 Å². The average molecular weight is 272 g/mol. The number of aliphatic carboxylic acids is 1. The predicted molar refractivity (Wildman–Crippen MR) is 71.0 cm³/mol. The summed E-state index contributed by atoms with van der Waals surface area (Å²) in [7, 11) is 0. The van der Waals surface area contributed by atoms with E-state index in [1.54, 1.807) is 0 Å². The van der Waals surface area contributed by atoms with Gasteiger partial charge in [-0.25, -0.2) is 4.79 Å². The maximum Gasteiger partial charge on any atom is 0.315 e. The first-order chi connectivity index (χ1) is 8.99. The van der Waals surface area contributed by atoms with Crippen LogP contribution in [0.1, 0.15) is 39.5 Å². The number of carboxylic acids is 1. The number of carbonyl (C=O) groups excluding carboxylic acids is 1. The van der Waals surface area contributed by atoms with Crippen molar-refractivity contribution in [2.75, 3.05) is 13.2 Å². The summed E-state index contributed by atoms with van der Waals surface area (Å²) >= 11 is 0. The van der Waals surface area contributed by atoms with E-state index in [0.29, 0.717) is 25.4 Å². The Hall–Kier alpha value is -1.30. The lowest BCUT2D eigenvalue weighted by molar-refractivity contribution is -0.137. The van der Waals surface area contributed by atoms with Gasteiger partial charge in [0, 0.05) is 31.0 Å². The van der Waals surface area contributed by atoms with Crippen molar-refractivity contribution in [3.8, 4) is 0 Å². The first kappa shape index (κ1) is 15.8. The fraction of sp³-hybridized carbons (Fsp3) is 0.846. The van der Waals surface area contributed by atoms with Crippen LogP contribution < -0.4 is 10.6 Å². The normalized spacial score (nSPS) is 21.7. The molecule has 6 nitrogen and oxygen atoms in total. The van der Waals surface area contributed by atoms with Crippen molar-refractivity contribution in [1.29, 1.82) is 0 Å². The lowest BCUT2D eigenvalue weighted by Crippen LogP contribution is -2.47. The van der Waals surface area contributed by atoms with Crippen LogP contribution in [-0.4, -0.2) is 42.4 Å². The summed E-state index contributed by atoms with van der Waals surface area (Å²) in [4.78, 5) is 22.1. The highest BCUT2D eigenvalue weighted by Gasteiger charge is 2.23. The molecule has 1 aliphatic rings. The zero-order chi connectivity index (χ0) is 14.3. The van der Waals surface area contributed by atoms with Crippen molar-refractivity contribution < 1.29 is 19.4 Å². The van der Waals surface area contributed by atoms with E-state index in [1.807, 2.05) is 13.8 Å². The van der Waals surface area contributed by atoms with Gasteiger partial charge in [0.25, 0.3) is 0 Å². The zero-order valence-corrected chi connectivity index (χ0v) is 11.6. The lowest BCUT2D eigenvalue weighted by atomic mass is 10.0. The van der Waals surface area contributed by atoms with Gasteiger partial charge in [-0.3, -0.25) is 4.79 Å². The first-order valence-corrected chi connectivity index (χ1v) is 6.85. The molecule has 3 N–H and O–H groups in total. The third-order valence-corrected chi connectivity index (χ3v) is 3.44. The molecule has 0 aliphatic carbocycles. The Morgan fingerprint density at radius 3 is 2.68 bits per heavy atom. The Morgan fingerprint density at radius 1 is 1.37 bits per heavy atom. The van der Waals surface area contributed by atoms with Gasteiger partial charge in [-0.2, -0.15) is 0 Å². The Morgan fingerprint density at radius 2 is 2.11 bits per heavy atom. The molecule has 2 amide bonds. The molecule has 6 heteroatoms. The maximum absolute atomic E-state index is 11.7. The molecule has 0 saturated carbocycles. The molecule has 3 atom stereocenters. The summed E-state index contributed by atoms with van der Waals surface area (Å²) < 4.78 is 5.29. The molecule has 0 aromatic carbocycles. The Kier molecular flexibility index (Phi) is 6.62. The molecule has 0 aromatic rings. The minimum Gasteiger partial charge on any atom is -0.481 e. The second-order valence-electron chi connectivity index (χ2n) is 5.22. The van der Waals surface area contributed by atoms with Gasteiger partial charge in [0.1, 0.15) is 0 Å². The van der Waals surface area contributed by atoms with Gasteiger partial charge in [0.2, 0.25) is 0 Å². The number of rotatable bonds is 7. The molecule has 1 heterocycles. The van der Waals surface area contributed by atoms with Gasteiger partial charge >= 0.3 is 12.0 Å². The third kappa shape index (κ3) is 6.42. The van der Waals surface area contributed by atoms with Gasteiger partial charge in [0.05, 0.1) is 6.61 Å². The molecule has 0 bridgehead atoms. The van der Waals surface area contributed by atoms with E-state index in [2.05, 4.69) is 10.6 Å². The molecule has 0 radical (unpaired) electrons. The Labute approximate surface area is 113 Å². The Balaban J connectivity index is 2.16. The van der Waals surface area contributed by atoms with E-state index in [-0.39, 0.29) is 24.5 Å². The van der Waals surface area contributed by atoms with Crippen molar-refractivity contribution in [2.24, 2.45) is 5.92 Å². The number of carboxylic acid groups (broad SMARTS) is 1. The van der Waals surface area contributed by atoms with Gasteiger partial charge in [0.15, 0.2) is 0 Å². The van der Waals surface area contributed by atoms with Crippen molar-refractivity contribution in [3.63, 3.8) is 0 Å². The molecule has 0 spiro atoms. The molecule has 1 saturated heterocycles. The fourth-order valence-electron chi connectivity index (χ4n) is 2.17. The van der Waals surface area contributed by atoms with Crippen LogP contribution in [0.3, 0.4) is 0 Å². The van der Waals surface area contributed by atoms with E-state index in [9.17, 15) is 9.59 Å². The number of nitrogens with one attached hydrogen (secondary N) is 2. The van der Waals surface area contributed by atoms with Crippen molar-refractivity contribution in [1.82, 2.24) is 10.6 Å². The molecule has 110 valence electrons. The second kappa shape index (κ2) is 7.99. The highest BCUT2D eigenvalue weighted by atomic mass is 16.5. The minimum atomic E-state index is -0.800. The minimum absolute atomic E-state index is 0.0219. The van der Waals surface area contributed by atoms with Crippen LogP contribution in [-0.2, 0) is 9.53 Å². The zero-order valence-electron chi connectivity index (χ0n) is 11.6. The average Bonchev–Trinajstić information content (AvgIpc) is 2.81. The van der Waals surface area contributed by atoms with Gasteiger partial charge in [-0.05, 0) is 33.1 Å². The van der Waals surface area contributed by atoms with E-state index in [0.717, 1.165) is 13.0 Å². The van der Waals surface area contributed by atoms with Crippen LogP contribution in [0.2, 0.25) is 0 Å². The second-order valence-corrected chi connectivity index (χ2v) is 5.22. The van der Waals surface area contributed by atoms with Crippen LogP contribution in [0.15, 0.2) is 0 Å². The summed E-state index contributed by atoms with van der Waals surface area (Å²) in [5.74, 6) is -0.417. The summed E-state index contributed by atoms with van der Waals surface area (Å²) in [6.07, 6.45) is 2.36. The SMILES string of the molecule is CC(CCCC(=O)O)NC(=O)NC(C)C1CCOC1. The standard InChI is InChI=1S/C13H24N2O4/c1-9(4-3-5-12(16)17)14-13(18)15-10(2)11-6-7-19-8-11/h9-11H,3-8H2,1-2H3,(H,16,17)(H2,14,15,18). The Bertz CT molecular complexity index is 303. The van der Waals surface area contributed by atoms with Gasteiger partial charge in [-0.1, -0.05) is 0 Å². The number of hydrogen-bond acceptors (Lipinski definition) is 3. The summed E-state index contributed by atoms with van der Waals surface area (Å²) in [6, 6.07) is -0.123. The molecular weight excluding hydrogens is 248 g/mol. The number of urea groups is 1. The summed E-state index contributed by atoms with van der Waals surface area (Å²) in [5.41, 5.74) is 0. The molecule has 1 rings (SSSR count). The van der Waals surface area contributed by atoms with Crippen LogP contribution in [0.4, 0.5) is 4.79 Å². The van der Waals surface area contributed by atoms with E-state index < -0.39 is 5.97 Å². The van der Waals surface area contributed by atoms with Crippen LogP contribution >= 0.6 is 0 Å². The molecule has 3 unspecified atom stereocenters. The molecule has 1 fully saturated rings. The van der Waals surface area contributed by atoms with E-state index in [4.69, 9.17) is 9.84 Å². The fourth-order valence-corrected chi connectivity index (χ4v) is 2.17. The molecule has 0 aromatic heterocycles. The van der Waals surface area contributed by atoms with E-state index in [1.165, 1.54) is 0 Å². The van der Waals surface area contributed by atoms with E-state index >= 15 is 0 Å². The van der Waals surface area contributed by atoms with Gasteiger partial charge < -0.3 is 20.5 Å². The van der Waals surface area contributed by atoms with Crippen LogP contribution in [0.5, 0.6) is 0 Å². The molecular formula is C13H24N2O4. The lowest BCUT2D eigenvalue weighted by Gasteiger charge is -2.21. The number of hydrogen-bond donors (Lipinski definition) is 3. The monoisotopic (exact) mass is 272 g/mol. The number of ether oxygens (including phenoxy) is 1. The highest BCUT2D eigenvalue weighted by Crippen LogP contribution is 2.16. The topological polar surface area (TPSA) is 87.7 Å². The predicted octanol–water partition coefficient (Wildman–Crippen LogP) is 1.35. The molecule has 1 aliphatic heterocycles. The first-order valence-electron chi connectivity index (χ1n) is 6.85. The molecule has 19 heavy (non-hydrogen) atoms. The summed E-state index contributed by atoms with van der Waals surface area (Å²) in [6.45, 7) is 5.33. The maximum atomic E-state index is 11.7. The smallest absolute Gasteiger partial charge is 0.315 e. The number of carbonyl (C=O) groups is 2. The highest BCUT2D eigenvalue weighted by molar-refractivity contribution is 5.74. The van der Waals surface area contributed by atoms with Crippen LogP contribution in [0.25, 0.3) is 0 Å².